The zero-order chi connectivity index (χ0) is 22.3. The first-order chi connectivity index (χ1) is 15.4. The molecule has 1 saturated heterocycles. The van der Waals surface area contributed by atoms with Crippen LogP contribution in [0.25, 0.3) is 33.4 Å². The molecule has 5 rings (SSSR count). The fourth-order valence-corrected chi connectivity index (χ4v) is 4.05. The Balaban J connectivity index is 1.57. The molecule has 0 amide bonds. The van der Waals surface area contributed by atoms with Gasteiger partial charge in [0.2, 0.25) is 5.95 Å². The van der Waals surface area contributed by atoms with Crippen LogP contribution in [-0.4, -0.2) is 49.1 Å². The second-order valence-electron chi connectivity index (χ2n) is 7.85. The van der Waals surface area contributed by atoms with Gasteiger partial charge in [-0.1, -0.05) is 17.3 Å². The third kappa shape index (κ3) is 3.79. The first kappa shape index (κ1) is 20.4. The summed E-state index contributed by atoms with van der Waals surface area (Å²) in [5.74, 6) is 0.189. The smallest absolute Gasteiger partial charge is 0.360 e. The Bertz CT molecular complexity index is 1250. The molecule has 1 aromatic carbocycles. The lowest BCUT2D eigenvalue weighted by atomic mass is 10.0. The van der Waals surface area contributed by atoms with Gasteiger partial charge in [-0.05, 0) is 25.5 Å². The molecule has 8 nitrogen and oxygen atoms in total. The third-order valence-corrected chi connectivity index (χ3v) is 5.67. The summed E-state index contributed by atoms with van der Waals surface area (Å²) in [5.41, 5.74) is 1.69. The summed E-state index contributed by atoms with van der Waals surface area (Å²) in [6.07, 6.45) is 1.36. The lowest BCUT2D eigenvalue weighted by Crippen LogP contribution is -2.38. The summed E-state index contributed by atoms with van der Waals surface area (Å²) in [5, 5.41) is 14.9. The largest absolute Gasteiger partial charge is 0.419 e. The van der Waals surface area contributed by atoms with Gasteiger partial charge in [0.1, 0.15) is 5.56 Å². The number of aromatic amines is 1. The Hall–Kier alpha value is -3.47. The monoisotopic (exact) mass is 442 g/mol. The lowest BCUT2D eigenvalue weighted by Gasteiger charge is -2.24. The highest BCUT2D eigenvalue weighted by atomic mass is 19.4. The normalized spacial score (nSPS) is 17.1. The Kier molecular flexibility index (Phi) is 5.04. The fourth-order valence-electron chi connectivity index (χ4n) is 4.05. The molecule has 3 aromatic heterocycles. The zero-order valence-corrected chi connectivity index (χ0v) is 17.2. The number of nitrogens with one attached hydrogen (secondary N) is 3. The van der Waals surface area contributed by atoms with E-state index in [-0.39, 0.29) is 17.7 Å². The molecule has 0 radical (unpaired) electrons. The third-order valence-electron chi connectivity index (χ3n) is 5.67. The minimum absolute atomic E-state index is 0.0753. The molecule has 0 saturated carbocycles. The average Bonchev–Trinajstić information content (AvgIpc) is 3.39. The molecule has 32 heavy (non-hydrogen) atoms. The number of rotatable bonds is 4. The molecule has 1 atom stereocenters. The second-order valence-corrected chi connectivity index (χ2v) is 7.85. The number of hydrogen-bond acceptors (Lipinski definition) is 6. The van der Waals surface area contributed by atoms with Crippen LogP contribution in [0, 0.1) is 0 Å². The minimum Gasteiger partial charge on any atom is -0.360 e. The van der Waals surface area contributed by atoms with Crippen molar-refractivity contribution < 1.29 is 13.2 Å². The van der Waals surface area contributed by atoms with Crippen LogP contribution < -0.4 is 10.6 Å². The Labute approximate surface area is 181 Å². The number of fused-ring (bicyclic) bond motifs is 1. The number of aryl methyl sites for hydroxylation is 1. The predicted octanol–water partition coefficient (Wildman–Crippen LogP) is 3.60. The van der Waals surface area contributed by atoms with Crippen LogP contribution in [0.3, 0.4) is 0 Å². The van der Waals surface area contributed by atoms with Gasteiger partial charge in [-0.25, -0.2) is 14.6 Å². The molecule has 1 aliphatic heterocycles. The molecule has 3 N–H and O–H groups in total. The maximum Gasteiger partial charge on any atom is 0.419 e. The van der Waals surface area contributed by atoms with Gasteiger partial charge in [-0.2, -0.15) is 13.2 Å². The van der Waals surface area contributed by atoms with Crippen molar-refractivity contribution in [3.05, 3.63) is 42.4 Å². The molecule has 166 valence electrons. The van der Waals surface area contributed by atoms with Crippen LogP contribution in [0.4, 0.5) is 19.1 Å². The molecule has 0 bridgehead atoms. The van der Waals surface area contributed by atoms with E-state index in [1.54, 1.807) is 30.2 Å². The van der Waals surface area contributed by atoms with Crippen LogP contribution in [-0.2, 0) is 13.2 Å². The number of anilines is 1. The van der Waals surface area contributed by atoms with Gasteiger partial charge in [0.25, 0.3) is 0 Å². The van der Waals surface area contributed by atoms with Crippen molar-refractivity contribution in [3.63, 3.8) is 0 Å². The van der Waals surface area contributed by atoms with Crippen molar-refractivity contribution in [2.75, 3.05) is 18.4 Å². The summed E-state index contributed by atoms with van der Waals surface area (Å²) in [6, 6.07) is 5.55. The van der Waals surface area contributed by atoms with Gasteiger partial charge in [-0.15, -0.1) is 5.10 Å². The molecule has 4 heterocycles. The SMILES string of the molecule is Cn1nncc1-c1ccc2c(-c3nc(N[C@H]4CCCNC4)ncc3C(F)(F)F)c[nH]c2c1. The van der Waals surface area contributed by atoms with Crippen LogP contribution in [0.15, 0.2) is 36.8 Å². The zero-order valence-electron chi connectivity index (χ0n) is 17.2. The van der Waals surface area contributed by atoms with Gasteiger partial charge in [0, 0.05) is 54.1 Å². The number of hydrogen-bond donors (Lipinski definition) is 3. The maximum absolute atomic E-state index is 13.8. The number of alkyl halides is 3. The Morgan fingerprint density at radius 3 is 2.81 bits per heavy atom. The van der Waals surface area contributed by atoms with Gasteiger partial charge in [0.15, 0.2) is 0 Å². The molecule has 0 aliphatic carbocycles. The van der Waals surface area contributed by atoms with Gasteiger partial charge in [-0.3, -0.25) is 0 Å². The summed E-state index contributed by atoms with van der Waals surface area (Å²) in [6.45, 7) is 1.65. The van der Waals surface area contributed by atoms with E-state index in [1.807, 2.05) is 12.1 Å². The van der Waals surface area contributed by atoms with Crippen LogP contribution in [0.1, 0.15) is 18.4 Å². The van der Waals surface area contributed by atoms with E-state index >= 15 is 0 Å². The average molecular weight is 442 g/mol. The summed E-state index contributed by atoms with van der Waals surface area (Å²) < 4.78 is 43.0. The van der Waals surface area contributed by atoms with E-state index in [2.05, 4.69) is 35.9 Å². The van der Waals surface area contributed by atoms with E-state index in [9.17, 15) is 13.2 Å². The van der Waals surface area contributed by atoms with Crippen LogP contribution >= 0.6 is 0 Å². The Morgan fingerprint density at radius 2 is 2.09 bits per heavy atom. The van der Waals surface area contributed by atoms with Crippen molar-refractivity contribution in [1.82, 2.24) is 35.3 Å². The summed E-state index contributed by atoms with van der Waals surface area (Å²) >= 11 is 0. The van der Waals surface area contributed by atoms with Crippen molar-refractivity contribution in [3.8, 4) is 22.5 Å². The predicted molar refractivity (Wildman–Crippen MR) is 114 cm³/mol. The standard InChI is InChI=1S/C21H21F3N8/c1-32-18(11-28-31-32)12-4-5-14-15(9-26-17(14)7-12)19-16(21(22,23)24)10-27-20(30-19)29-13-3-2-6-25-8-13/h4-5,7,9-11,13,25-26H,2-3,6,8H2,1H3,(H,27,29,30)/t13-/m0/s1. The maximum atomic E-state index is 13.8. The minimum atomic E-state index is -4.58. The molecule has 4 aromatic rings. The van der Waals surface area contributed by atoms with E-state index in [1.165, 1.54) is 0 Å². The molecule has 0 unspecified atom stereocenters. The number of nitrogens with zero attached hydrogens (tertiary/aromatic N) is 5. The van der Waals surface area contributed by atoms with E-state index in [4.69, 9.17) is 0 Å². The quantitative estimate of drug-likeness (QED) is 0.447. The topological polar surface area (TPSA) is 96.3 Å². The van der Waals surface area contributed by atoms with Gasteiger partial charge < -0.3 is 15.6 Å². The highest BCUT2D eigenvalue weighted by Crippen LogP contribution is 2.39. The van der Waals surface area contributed by atoms with Gasteiger partial charge >= 0.3 is 6.18 Å². The number of halogens is 3. The lowest BCUT2D eigenvalue weighted by molar-refractivity contribution is -0.137. The van der Waals surface area contributed by atoms with E-state index in [0.29, 0.717) is 16.5 Å². The number of piperidine rings is 1. The van der Waals surface area contributed by atoms with Gasteiger partial charge in [0.05, 0.1) is 17.6 Å². The first-order valence-corrected chi connectivity index (χ1v) is 10.3. The molecule has 1 fully saturated rings. The highest BCUT2D eigenvalue weighted by molar-refractivity contribution is 5.97. The van der Waals surface area contributed by atoms with Crippen molar-refractivity contribution in [1.29, 1.82) is 0 Å². The highest BCUT2D eigenvalue weighted by Gasteiger charge is 2.36. The summed E-state index contributed by atoms with van der Waals surface area (Å²) in [4.78, 5) is 11.3. The molecular weight excluding hydrogens is 421 g/mol. The second kappa shape index (κ2) is 7.90. The van der Waals surface area contributed by atoms with Crippen molar-refractivity contribution in [2.24, 2.45) is 7.05 Å². The van der Waals surface area contributed by atoms with Crippen LogP contribution in [0.5, 0.6) is 0 Å². The fraction of sp³-hybridized carbons (Fsp3) is 0.333. The van der Waals surface area contributed by atoms with E-state index < -0.39 is 11.7 Å². The Morgan fingerprint density at radius 1 is 1.22 bits per heavy atom. The molecule has 11 heteroatoms. The van der Waals surface area contributed by atoms with Crippen molar-refractivity contribution in [2.45, 2.75) is 25.1 Å². The number of aromatic nitrogens is 6. The number of H-pyrrole nitrogens is 1. The van der Waals surface area contributed by atoms with Crippen LogP contribution in [0.2, 0.25) is 0 Å². The number of benzene rings is 1. The molecular formula is C21H21F3N8. The van der Waals surface area contributed by atoms with E-state index in [0.717, 1.165) is 43.4 Å². The summed E-state index contributed by atoms with van der Waals surface area (Å²) in [7, 11) is 1.78. The molecule has 1 aliphatic rings. The van der Waals surface area contributed by atoms with Crippen molar-refractivity contribution >= 4 is 16.9 Å². The first-order valence-electron chi connectivity index (χ1n) is 10.3. The molecule has 0 spiro atoms.